The first kappa shape index (κ1) is 21.1. The summed E-state index contributed by atoms with van der Waals surface area (Å²) in [4.78, 5) is 17.6. The molecule has 3 aromatic rings. The number of benzene rings is 2. The summed E-state index contributed by atoms with van der Waals surface area (Å²) < 4.78 is 54.4. The molecule has 0 aliphatic heterocycles. The molecule has 0 atom stereocenters. The third-order valence-corrected chi connectivity index (χ3v) is 6.52. The average molecular weight is 449 g/mol. The van der Waals surface area contributed by atoms with Crippen molar-refractivity contribution in [1.29, 1.82) is 0 Å². The molecule has 0 bridgehead atoms. The molecule has 0 spiro atoms. The molecular weight excluding hydrogens is 434 g/mol. The lowest BCUT2D eigenvalue weighted by atomic mass is 10.3. The van der Waals surface area contributed by atoms with E-state index in [0.717, 1.165) is 6.07 Å². The lowest BCUT2D eigenvalue weighted by Gasteiger charge is -2.10. The van der Waals surface area contributed by atoms with Crippen molar-refractivity contribution in [3.8, 4) is 0 Å². The van der Waals surface area contributed by atoms with Gasteiger partial charge >= 0.3 is 0 Å². The van der Waals surface area contributed by atoms with Crippen molar-refractivity contribution < 1.29 is 21.8 Å². The number of hydrogen-bond donors (Lipinski definition) is 2. The Kier molecular flexibility index (Phi) is 5.67. The SMILES string of the molecule is Cc1nccc(NS(=O)(=O)c2ccc(NS(=O)(=O)c3cccc([N+](=O)[O-])c3)cc2)n1. The molecule has 2 N–H and O–H groups in total. The highest BCUT2D eigenvalue weighted by atomic mass is 32.2. The van der Waals surface area contributed by atoms with E-state index in [4.69, 9.17) is 0 Å². The molecule has 30 heavy (non-hydrogen) atoms. The van der Waals surface area contributed by atoms with Crippen molar-refractivity contribution >= 4 is 37.2 Å². The van der Waals surface area contributed by atoms with Crippen LogP contribution < -0.4 is 9.44 Å². The number of aromatic nitrogens is 2. The largest absolute Gasteiger partial charge is 0.280 e. The number of nitrogens with zero attached hydrogens (tertiary/aromatic N) is 3. The molecular formula is C17H15N5O6S2. The normalized spacial score (nSPS) is 11.6. The van der Waals surface area contributed by atoms with E-state index in [1.807, 2.05) is 0 Å². The Labute approximate surface area is 172 Å². The molecule has 0 saturated carbocycles. The summed E-state index contributed by atoms with van der Waals surface area (Å²) in [6.45, 7) is 1.61. The van der Waals surface area contributed by atoms with Crippen molar-refractivity contribution in [2.24, 2.45) is 0 Å². The fourth-order valence-corrected chi connectivity index (χ4v) is 4.49. The number of nitro groups is 1. The Balaban J connectivity index is 1.80. The second-order valence-electron chi connectivity index (χ2n) is 5.98. The summed E-state index contributed by atoms with van der Waals surface area (Å²) in [5, 5.41) is 10.8. The molecule has 13 heteroatoms. The minimum Gasteiger partial charge on any atom is -0.280 e. The minimum absolute atomic E-state index is 0.0818. The lowest BCUT2D eigenvalue weighted by molar-refractivity contribution is -0.385. The van der Waals surface area contributed by atoms with Crippen molar-refractivity contribution in [2.75, 3.05) is 9.44 Å². The number of nitrogens with one attached hydrogen (secondary N) is 2. The van der Waals surface area contributed by atoms with Crippen LogP contribution in [0.5, 0.6) is 0 Å². The molecule has 0 aliphatic carbocycles. The summed E-state index contributed by atoms with van der Waals surface area (Å²) >= 11 is 0. The summed E-state index contributed by atoms with van der Waals surface area (Å²) in [7, 11) is -8.06. The van der Waals surface area contributed by atoms with Gasteiger partial charge in [-0.2, -0.15) is 0 Å². The average Bonchev–Trinajstić information content (AvgIpc) is 2.68. The Morgan fingerprint density at radius 3 is 2.20 bits per heavy atom. The molecule has 0 aliphatic rings. The standard InChI is InChI=1S/C17H15N5O6S2/c1-12-18-10-9-17(19-12)21-29(25,26)15-7-5-13(6-8-15)20-30(27,28)16-4-2-3-14(11-16)22(23)24/h2-11,20H,1H3,(H,18,19,21). The van der Waals surface area contributed by atoms with Gasteiger partial charge in [0.05, 0.1) is 14.7 Å². The fraction of sp³-hybridized carbons (Fsp3) is 0.0588. The highest BCUT2D eigenvalue weighted by molar-refractivity contribution is 7.93. The molecule has 0 radical (unpaired) electrons. The van der Waals surface area contributed by atoms with Gasteiger partial charge in [0.1, 0.15) is 11.6 Å². The van der Waals surface area contributed by atoms with Crippen LogP contribution in [0, 0.1) is 17.0 Å². The smallest absolute Gasteiger partial charge is 0.270 e. The maximum atomic E-state index is 12.5. The van der Waals surface area contributed by atoms with Gasteiger partial charge in [0.15, 0.2) is 0 Å². The van der Waals surface area contributed by atoms with Gasteiger partial charge in [-0.1, -0.05) is 6.07 Å². The molecule has 11 nitrogen and oxygen atoms in total. The summed E-state index contributed by atoms with van der Waals surface area (Å²) in [5.74, 6) is 0.485. The van der Waals surface area contributed by atoms with Crippen LogP contribution in [0.1, 0.15) is 5.82 Å². The molecule has 0 unspecified atom stereocenters. The molecule has 0 amide bonds. The number of hydrogen-bond acceptors (Lipinski definition) is 8. The summed E-state index contributed by atoms with van der Waals surface area (Å²) in [5.41, 5.74) is -0.288. The number of aryl methyl sites for hydroxylation is 1. The Morgan fingerprint density at radius 1 is 0.900 bits per heavy atom. The van der Waals surface area contributed by atoms with E-state index in [-0.39, 0.29) is 27.0 Å². The highest BCUT2D eigenvalue weighted by Crippen LogP contribution is 2.22. The fourth-order valence-electron chi connectivity index (χ4n) is 2.39. The van der Waals surface area contributed by atoms with Crippen molar-refractivity contribution in [1.82, 2.24) is 9.97 Å². The number of nitro benzene ring substituents is 1. The highest BCUT2D eigenvalue weighted by Gasteiger charge is 2.19. The van der Waals surface area contributed by atoms with Gasteiger partial charge in [0.2, 0.25) is 0 Å². The monoisotopic (exact) mass is 449 g/mol. The lowest BCUT2D eigenvalue weighted by Crippen LogP contribution is -2.15. The van der Waals surface area contributed by atoms with Gasteiger partial charge in [-0.15, -0.1) is 0 Å². The second-order valence-corrected chi connectivity index (χ2v) is 9.34. The number of sulfonamides is 2. The van der Waals surface area contributed by atoms with Crippen LogP contribution in [0.2, 0.25) is 0 Å². The maximum absolute atomic E-state index is 12.5. The van der Waals surface area contributed by atoms with E-state index < -0.39 is 25.0 Å². The number of anilines is 2. The first-order chi connectivity index (χ1) is 14.1. The number of rotatable bonds is 7. The van der Waals surface area contributed by atoms with Gasteiger partial charge in [-0.05, 0) is 43.3 Å². The maximum Gasteiger partial charge on any atom is 0.270 e. The Bertz CT molecular complexity index is 1310. The Morgan fingerprint density at radius 2 is 1.57 bits per heavy atom. The Hall–Kier alpha value is -3.58. The van der Waals surface area contributed by atoms with Crippen molar-refractivity contribution in [3.63, 3.8) is 0 Å². The van der Waals surface area contributed by atoms with Crippen LogP contribution >= 0.6 is 0 Å². The van der Waals surface area contributed by atoms with E-state index in [0.29, 0.717) is 5.82 Å². The topological polar surface area (TPSA) is 161 Å². The summed E-state index contributed by atoms with van der Waals surface area (Å²) in [6.07, 6.45) is 1.41. The zero-order chi connectivity index (χ0) is 21.9. The van der Waals surface area contributed by atoms with Crippen LogP contribution in [0.3, 0.4) is 0 Å². The van der Waals surface area contributed by atoms with Gasteiger partial charge < -0.3 is 0 Å². The summed E-state index contributed by atoms with van der Waals surface area (Å²) in [6, 6.07) is 10.9. The second kappa shape index (κ2) is 8.04. The van der Waals surface area contributed by atoms with Gasteiger partial charge in [-0.25, -0.2) is 26.8 Å². The van der Waals surface area contributed by atoms with Crippen LogP contribution in [0.25, 0.3) is 0 Å². The van der Waals surface area contributed by atoms with Crippen LogP contribution in [0.15, 0.2) is 70.6 Å². The molecule has 0 saturated heterocycles. The van der Waals surface area contributed by atoms with Gasteiger partial charge in [-0.3, -0.25) is 19.6 Å². The predicted octanol–water partition coefficient (Wildman–Crippen LogP) is 2.29. The zero-order valence-electron chi connectivity index (χ0n) is 15.4. The third kappa shape index (κ3) is 4.87. The first-order valence-corrected chi connectivity index (χ1v) is 11.2. The molecule has 1 heterocycles. The van der Waals surface area contributed by atoms with Crippen molar-refractivity contribution in [3.05, 3.63) is 76.7 Å². The van der Waals surface area contributed by atoms with Gasteiger partial charge in [0, 0.05) is 24.0 Å². The number of non-ortho nitro benzene ring substituents is 1. The van der Waals surface area contributed by atoms with E-state index in [9.17, 15) is 26.9 Å². The van der Waals surface area contributed by atoms with E-state index in [2.05, 4.69) is 19.4 Å². The molecule has 3 rings (SSSR count). The molecule has 1 aromatic heterocycles. The molecule has 156 valence electrons. The van der Waals surface area contributed by atoms with E-state index in [1.54, 1.807) is 6.92 Å². The van der Waals surface area contributed by atoms with Gasteiger partial charge in [0.25, 0.3) is 25.7 Å². The molecule has 0 fully saturated rings. The van der Waals surface area contributed by atoms with Crippen LogP contribution in [-0.4, -0.2) is 31.7 Å². The molecule has 2 aromatic carbocycles. The minimum atomic E-state index is -4.11. The zero-order valence-corrected chi connectivity index (χ0v) is 17.0. The quantitative estimate of drug-likeness (QED) is 0.410. The third-order valence-electron chi connectivity index (χ3n) is 3.77. The van der Waals surface area contributed by atoms with E-state index in [1.165, 1.54) is 54.7 Å². The first-order valence-electron chi connectivity index (χ1n) is 8.27. The predicted molar refractivity (Wildman–Crippen MR) is 108 cm³/mol. The van der Waals surface area contributed by atoms with Crippen molar-refractivity contribution in [2.45, 2.75) is 16.7 Å². The van der Waals surface area contributed by atoms with Crippen LogP contribution in [-0.2, 0) is 20.0 Å². The van der Waals surface area contributed by atoms with Crippen LogP contribution in [0.4, 0.5) is 17.2 Å². The van der Waals surface area contributed by atoms with E-state index >= 15 is 0 Å².